The summed E-state index contributed by atoms with van der Waals surface area (Å²) in [4.78, 5) is 0. The topological polar surface area (TPSA) is 67.5 Å². The summed E-state index contributed by atoms with van der Waals surface area (Å²) in [6.45, 7) is 2.25. The van der Waals surface area contributed by atoms with Crippen LogP contribution in [-0.4, -0.2) is 24.9 Å². The van der Waals surface area contributed by atoms with E-state index in [-0.39, 0.29) is 5.75 Å². The van der Waals surface area contributed by atoms with Gasteiger partial charge in [-0.05, 0) is 6.42 Å². The van der Waals surface area contributed by atoms with Crippen molar-refractivity contribution < 1.29 is 14.2 Å². The Morgan fingerprint density at radius 2 is 2.25 bits per heavy atom. The predicted molar refractivity (Wildman–Crippen MR) is 62.2 cm³/mol. The van der Waals surface area contributed by atoms with Gasteiger partial charge in [0.05, 0.1) is 24.6 Å². The molecular formula is C11H17FN2O2. The average molecular weight is 228 g/mol. The van der Waals surface area contributed by atoms with E-state index in [2.05, 4.69) is 5.32 Å². The molecule has 0 aliphatic rings. The zero-order valence-electron chi connectivity index (χ0n) is 9.46. The summed E-state index contributed by atoms with van der Waals surface area (Å²) in [5.41, 5.74) is 6.49. The molecule has 0 fully saturated rings. The Hall–Kier alpha value is -1.49. The molecule has 0 heterocycles. The number of hydrogen-bond donors (Lipinski definition) is 3. The highest BCUT2D eigenvalue weighted by Gasteiger charge is 2.09. The molecule has 0 saturated heterocycles. The minimum atomic E-state index is -0.499. The first kappa shape index (κ1) is 12.6. The van der Waals surface area contributed by atoms with E-state index in [4.69, 9.17) is 10.5 Å². The third kappa shape index (κ3) is 3.00. The first-order chi connectivity index (χ1) is 7.58. The van der Waals surface area contributed by atoms with Crippen molar-refractivity contribution in [3.8, 4) is 5.75 Å². The van der Waals surface area contributed by atoms with Gasteiger partial charge in [-0.15, -0.1) is 0 Å². The van der Waals surface area contributed by atoms with Gasteiger partial charge in [0.25, 0.3) is 0 Å². The molecule has 4 N–H and O–H groups in total. The molecule has 16 heavy (non-hydrogen) atoms. The lowest BCUT2D eigenvalue weighted by molar-refractivity contribution is 0.183. The maximum absolute atomic E-state index is 13.2. The summed E-state index contributed by atoms with van der Waals surface area (Å²) >= 11 is 0. The Labute approximate surface area is 94.2 Å². The predicted octanol–water partition coefficient (Wildman–Crippen LogP) is 1.60. The van der Waals surface area contributed by atoms with E-state index in [1.807, 2.05) is 6.92 Å². The fraction of sp³-hybridized carbons (Fsp3) is 0.455. The second kappa shape index (κ2) is 5.55. The molecule has 5 heteroatoms. The van der Waals surface area contributed by atoms with E-state index in [0.717, 1.165) is 0 Å². The van der Waals surface area contributed by atoms with E-state index in [0.29, 0.717) is 24.3 Å². The molecule has 1 unspecified atom stereocenters. The SMILES string of the molecule is CCC(O)CNc1cc(OC)c(F)cc1N. The van der Waals surface area contributed by atoms with Crippen molar-refractivity contribution in [2.45, 2.75) is 19.4 Å². The molecule has 0 aliphatic carbocycles. The number of aliphatic hydroxyl groups is 1. The second-order valence-corrected chi connectivity index (χ2v) is 3.52. The summed E-state index contributed by atoms with van der Waals surface area (Å²) in [6.07, 6.45) is 0.195. The summed E-state index contributed by atoms with van der Waals surface area (Å²) in [5, 5.41) is 12.3. The number of ether oxygens (including phenoxy) is 1. The van der Waals surface area contributed by atoms with Gasteiger partial charge in [-0.25, -0.2) is 4.39 Å². The van der Waals surface area contributed by atoms with Crippen LogP contribution in [0.1, 0.15) is 13.3 Å². The van der Waals surface area contributed by atoms with Crippen molar-refractivity contribution in [2.75, 3.05) is 24.7 Å². The van der Waals surface area contributed by atoms with Crippen LogP contribution in [0.4, 0.5) is 15.8 Å². The number of nitrogen functional groups attached to an aromatic ring is 1. The smallest absolute Gasteiger partial charge is 0.167 e. The van der Waals surface area contributed by atoms with Gasteiger partial charge in [0.1, 0.15) is 0 Å². The van der Waals surface area contributed by atoms with Gasteiger partial charge in [-0.1, -0.05) is 6.92 Å². The highest BCUT2D eigenvalue weighted by Crippen LogP contribution is 2.27. The first-order valence-corrected chi connectivity index (χ1v) is 5.13. The molecule has 0 spiro atoms. The largest absolute Gasteiger partial charge is 0.494 e. The maximum Gasteiger partial charge on any atom is 0.167 e. The lowest BCUT2D eigenvalue weighted by atomic mass is 10.2. The number of anilines is 2. The molecule has 0 bridgehead atoms. The van der Waals surface area contributed by atoms with Crippen molar-refractivity contribution in [3.63, 3.8) is 0 Å². The molecule has 0 radical (unpaired) electrons. The summed E-state index contributed by atoms with van der Waals surface area (Å²) in [7, 11) is 1.39. The van der Waals surface area contributed by atoms with Gasteiger partial charge in [0.15, 0.2) is 11.6 Å². The minimum absolute atomic E-state index is 0.127. The zero-order valence-corrected chi connectivity index (χ0v) is 9.46. The molecule has 1 rings (SSSR count). The van der Waals surface area contributed by atoms with Crippen molar-refractivity contribution in [3.05, 3.63) is 17.9 Å². The third-order valence-corrected chi connectivity index (χ3v) is 2.32. The highest BCUT2D eigenvalue weighted by molar-refractivity contribution is 5.68. The third-order valence-electron chi connectivity index (χ3n) is 2.32. The fourth-order valence-electron chi connectivity index (χ4n) is 1.25. The molecule has 0 aliphatic heterocycles. The van der Waals surface area contributed by atoms with Crippen LogP contribution in [0.5, 0.6) is 5.75 Å². The van der Waals surface area contributed by atoms with Crippen LogP contribution in [0.25, 0.3) is 0 Å². The number of hydrogen-bond acceptors (Lipinski definition) is 4. The Morgan fingerprint density at radius 1 is 1.56 bits per heavy atom. The molecular weight excluding hydrogens is 211 g/mol. The Balaban J connectivity index is 2.79. The van der Waals surface area contributed by atoms with Crippen LogP contribution < -0.4 is 15.8 Å². The minimum Gasteiger partial charge on any atom is -0.494 e. The Kier molecular flexibility index (Phi) is 4.37. The molecule has 4 nitrogen and oxygen atoms in total. The first-order valence-electron chi connectivity index (χ1n) is 5.13. The van der Waals surface area contributed by atoms with Crippen LogP contribution in [0.2, 0.25) is 0 Å². The number of nitrogens with one attached hydrogen (secondary N) is 1. The molecule has 1 aromatic rings. The van der Waals surface area contributed by atoms with Gasteiger partial charge >= 0.3 is 0 Å². The van der Waals surface area contributed by atoms with Gasteiger partial charge in [0, 0.05) is 18.7 Å². The van der Waals surface area contributed by atoms with E-state index in [1.54, 1.807) is 0 Å². The maximum atomic E-state index is 13.2. The Morgan fingerprint density at radius 3 is 2.81 bits per heavy atom. The van der Waals surface area contributed by atoms with Gasteiger partial charge in [0.2, 0.25) is 0 Å². The number of halogens is 1. The molecule has 1 atom stereocenters. The summed E-state index contributed by atoms with van der Waals surface area (Å²) < 4.78 is 18.1. The van der Waals surface area contributed by atoms with Crippen molar-refractivity contribution in [2.24, 2.45) is 0 Å². The summed E-state index contributed by atoms with van der Waals surface area (Å²) in [6, 6.07) is 2.67. The Bertz CT molecular complexity index is 358. The van der Waals surface area contributed by atoms with Crippen LogP contribution in [0.3, 0.4) is 0 Å². The monoisotopic (exact) mass is 228 g/mol. The second-order valence-electron chi connectivity index (χ2n) is 3.52. The lowest BCUT2D eigenvalue weighted by Crippen LogP contribution is -2.18. The normalized spacial score (nSPS) is 12.2. The molecule has 1 aromatic carbocycles. The van der Waals surface area contributed by atoms with E-state index >= 15 is 0 Å². The van der Waals surface area contributed by atoms with Crippen LogP contribution in [0, 0.1) is 5.82 Å². The van der Waals surface area contributed by atoms with Crippen molar-refractivity contribution in [1.82, 2.24) is 0 Å². The average Bonchev–Trinajstić information content (AvgIpc) is 2.27. The van der Waals surface area contributed by atoms with E-state index < -0.39 is 11.9 Å². The quantitative estimate of drug-likeness (QED) is 0.670. The van der Waals surface area contributed by atoms with Crippen LogP contribution in [-0.2, 0) is 0 Å². The standard InChI is InChI=1S/C11H17FN2O2/c1-3-7(15)6-14-10-5-11(16-2)8(12)4-9(10)13/h4-5,7,14-15H,3,6,13H2,1-2H3. The van der Waals surface area contributed by atoms with Gasteiger partial charge in [-0.2, -0.15) is 0 Å². The van der Waals surface area contributed by atoms with Crippen molar-refractivity contribution in [1.29, 1.82) is 0 Å². The fourth-order valence-corrected chi connectivity index (χ4v) is 1.25. The molecule has 0 saturated carbocycles. The van der Waals surface area contributed by atoms with Crippen LogP contribution in [0.15, 0.2) is 12.1 Å². The van der Waals surface area contributed by atoms with Gasteiger partial charge < -0.3 is 20.9 Å². The summed E-state index contributed by atoms with van der Waals surface area (Å²) in [5.74, 6) is -0.371. The highest BCUT2D eigenvalue weighted by atomic mass is 19.1. The van der Waals surface area contributed by atoms with Gasteiger partial charge in [-0.3, -0.25) is 0 Å². The molecule has 0 aromatic heterocycles. The number of benzene rings is 1. The number of aliphatic hydroxyl groups excluding tert-OH is 1. The van der Waals surface area contributed by atoms with E-state index in [9.17, 15) is 9.50 Å². The molecule has 90 valence electrons. The van der Waals surface area contributed by atoms with Crippen LogP contribution >= 0.6 is 0 Å². The van der Waals surface area contributed by atoms with Crippen molar-refractivity contribution >= 4 is 11.4 Å². The number of methoxy groups -OCH3 is 1. The van der Waals surface area contributed by atoms with E-state index in [1.165, 1.54) is 19.2 Å². The lowest BCUT2D eigenvalue weighted by Gasteiger charge is -2.14. The molecule has 0 amide bonds. The number of rotatable bonds is 5. The number of nitrogens with two attached hydrogens (primary N) is 1. The zero-order chi connectivity index (χ0) is 12.1.